The van der Waals surface area contributed by atoms with Crippen LogP contribution in [0, 0.1) is 6.92 Å². The van der Waals surface area contributed by atoms with Gasteiger partial charge >= 0.3 is 0 Å². The summed E-state index contributed by atoms with van der Waals surface area (Å²) < 4.78 is 32.0. The lowest BCUT2D eigenvalue weighted by Crippen LogP contribution is -2.40. The number of aryl methyl sites for hydroxylation is 1. The first-order valence-corrected chi connectivity index (χ1v) is 9.47. The summed E-state index contributed by atoms with van der Waals surface area (Å²) in [5, 5.41) is 2.79. The molecule has 2 aromatic rings. The lowest BCUT2D eigenvalue weighted by Gasteiger charge is -2.26. The van der Waals surface area contributed by atoms with Gasteiger partial charge in [0.2, 0.25) is 10.0 Å². The lowest BCUT2D eigenvalue weighted by molar-refractivity contribution is 0.0730. The third kappa shape index (κ3) is 4.07. The van der Waals surface area contributed by atoms with Gasteiger partial charge in [-0.1, -0.05) is 18.2 Å². The third-order valence-corrected chi connectivity index (χ3v) is 5.87. The van der Waals surface area contributed by atoms with E-state index in [1.165, 1.54) is 16.4 Å². The number of ether oxygens (including phenoxy) is 1. The molecule has 0 atom stereocenters. The number of carbonyl (C=O) groups is 1. The largest absolute Gasteiger partial charge is 0.379 e. The van der Waals surface area contributed by atoms with Crippen molar-refractivity contribution in [3.63, 3.8) is 0 Å². The minimum Gasteiger partial charge on any atom is -0.379 e. The van der Waals surface area contributed by atoms with Gasteiger partial charge in [0.1, 0.15) is 0 Å². The van der Waals surface area contributed by atoms with Crippen LogP contribution in [-0.2, 0) is 14.8 Å². The second-order valence-corrected chi connectivity index (χ2v) is 7.81. The van der Waals surface area contributed by atoms with Crippen LogP contribution < -0.4 is 5.32 Å². The Balaban J connectivity index is 1.82. The van der Waals surface area contributed by atoms with Crippen molar-refractivity contribution >= 4 is 21.6 Å². The molecule has 1 aliphatic heterocycles. The second-order valence-electron chi connectivity index (χ2n) is 5.87. The summed E-state index contributed by atoms with van der Waals surface area (Å²) in [6.07, 6.45) is 0. The molecule has 3 rings (SSSR count). The van der Waals surface area contributed by atoms with Gasteiger partial charge in [-0.25, -0.2) is 8.42 Å². The summed E-state index contributed by atoms with van der Waals surface area (Å²) in [7, 11) is -3.62. The van der Waals surface area contributed by atoms with E-state index in [9.17, 15) is 13.2 Å². The number of carbonyl (C=O) groups excluding carboxylic acids is 1. The molecule has 0 unspecified atom stereocenters. The van der Waals surface area contributed by atoms with Gasteiger partial charge < -0.3 is 10.1 Å². The smallest absolute Gasteiger partial charge is 0.255 e. The maximum absolute atomic E-state index is 12.7. The predicted octanol–water partition coefficient (Wildman–Crippen LogP) is 2.27. The number of hydrogen-bond donors (Lipinski definition) is 1. The Morgan fingerprint density at radius 2 is 1.80 bits per heavy atom. The summed E-state index contributed by atoms with van der Waals surface area (Å²) in [6.45, 7) is 3.34. The highest BCUT2D eigenvalue weighted by Crippen LogP contribution is 2.19. The minimum absolute atomic E-state index is 0.117. The van der Waals surface area contributed by atoms with Crippen molar-refractivity contribution in [1.29, 1.82) is 0 Å². The second kappa shape index (κ2) is 7.35. The van der Waals surface area contributed by atoms with Crippen molar-refractivity contribution in [2.75, 3.05) is 31.6 Å². The first-order valence-electron chi connectivity index (χ1n) is 8.03. The molecule has 7 heteroatoms. The van der Waals surface area contributed by atoms with Crippen LogP contribution in [0.1, 0.15) is 15.9 Å². The van der Waals surface area contributed by atoms with Gasteiger partial charge in [0.15, 0.2) is 0 Å². The predicted molar refractivity (Wildman–Crippen MR) is 95.2 cm³/mol. The molecule has 0 aromatic heterocycles. The zero-order valence-electron chi connectivity index (χ0n) is 13.9. The Morgan fingerprint density at radius 3 is 2.52 bits per heavy atom. The summed E-state index contributed by atoms with van der Waals surface area (Å²) in [5.74, 6) is -0.343. The van der Waals surface area contributed by atoms with Crippen molar-refractivity contribution in [2.24, 2.45) is 0 Å². The molecule has 1 heterocycles. The number of amides is 1. The van der Waals surface area contributed by atoms with E-state index < -0.39 is 10.0 Å². The third-order valence-electron chi connectivity index (χ3n) is 3.98. The van der Waals surface area contributed by atoms with Crippen molar-refractivity contribution in [1.82, 2.24) is 4.31 Å². The SMILES string of the molecule is Cc1cccc(NC(=O)c2cccc(S(=O)(=O)N3CCOCC3)c2)c1. The topological polar surface area (TPSA) is 75.7 Å². The summed E-state index contributed by atoms with van der Waals surface area (Å²) in [4.78, 5) is 12.6. The Hall–Kier alpha value is -2.22. The van der Waals surface area contributed by atoms with Crippen molar-refractivity contribution < 1.29 is 17.9 Å². The van der Waals surface area contributed by atoms with E-state index in [1.807, 2.05) is 25.1 Å². The van der Waals surface area contributed by atoms with Gasteiger partial charge in [-0.05, 0) is 42.8 Å². The van der Waals surface area contributed by atoms with E-state index in [1.54, 1.807) is 18.2 Å². The van der Waals surface area contributed by atoms with Crippen LogP contribution in [0.25, 0.3) is 0 Å². The van der Waals surface area contributed by atoms with Gasteiger partial charge in [-0.3, -0.25) is 4.79 Å². The van der Waals surface area contributed by atoms with Crippen LogP contribution in [0.3, 0.4) is 0 Å². The number of rotatable bonds is 4. The molecule has 1 fully saturated rings. The van der Waals surface area contributed by atoms with E-state index in [0.717, 1.165) is 5.56 Å². The van der Waals surface area contributed by atoms with Gasteiger partial charge in [-0.2, -0.15) is 4.31 Å². The number of nitrogens with zero attached hydrogens (tertiary/aromatic N) is 1. The van der Waals surface area contributed by atoms with Crippen molar-refractivity contribution in [3.8, 4) is 0 Å². The van der Waals surface area contributed by atoms with E-state index in [0.29, 0.717) is 37.6 Å². The first kappa shape index (κ1) is 17.6. The highest BCUT2D eigenvalue weighted by Gasteiger charge is 2.26. The number of sulfonamides is 1. The number of anilines is 1. The van der Waals surface area contributed by atoms with E-state index in [2.05, 4.69) is 5.32 Å². The minimum atomic E-state index is -3.62. The molecule has 132 valence electrons. The highest BCUT2D eigenvalue weighted by atomic mass is 32.2. The van der Waals surface area contributed by atoms with Crippen LogP contribution in [-0.4, -0.2) is 44.9 Å². The van der Waals surface area contributed by atoms with Crippen LogP contribution in [0.4, 0.5) is 5.69 Å². The molecule has 1 aliphatic rings. The van der Waals surface area contributed by atoms with Gasteiger partial charge in [0, 0.05) is 24.3 Å². The fourth-order valence-corrected chi connectivity index (χ4v) is 4.11. The standard InChI is InChI=1S/C18H20N2O4S/c1-14-4-2-6-16(12-14)19-18(21)15-5-3-7-17(13-15)25(22,23)20-8-10-24-11-9-20/h2-7,12-13H,8-11H2,1H3,(H,19,21). The molecule has 0 radical (unpaired) electrons. The fourth-order valence-electron chi connectivity index (χ4n) is 2.66. The molecule has 1 N–H and O–H groups in total. The Bertz CT molecular complexity index is 874. The maximum atomic E-state index is 12.7. The van der Waals surface area contributed by atoms with Crippen LogP contribution >= 0.6 is 0 Å². The van der Waals surface area contributed by atoms with Gasteiger partial charge in [0.25, 0.3) is 5.91 Å². The molecule has 1 amide bonds. The normalized spacial score (nSPS) is 15.7. The van der Waals surface area contributed by atoms with E-state index in [4.69, 9.17) is 4.74 Å². The number of hydrogen-bond acceptors (Lipinski definition) is 4. The van der Waals surface area contributed by atoms with Crippen LogP contribution in [0.15, 0.2) is 53.4 Å². The van der Waals surface area contributed by atoms with E-state index >= 15 is 0 Å². The molecule has 0 spiro atoms. The molecular formula is C18H20N2O4S. The number of benzene rings is 2. The zero-order valence-corrected chi connectivity index (χ0v) is 14.8. The van der Waals surface area contributed by atoms with Crippen LogP contribution in [0.5, 0.6) is 0 Å². The number of morpholine rings is 1. The molecular weight excluding hydrogens is 340 g/mol. The lowest BCUT2D eigenvalue weighted by atomic mass is 10.2. The summed E-state index contributed by atoms with van der Waals surface area (Å²) in [5.41, 5.74) is 2.00. The Kier molecular flexibility index (Phi) is 5.17. The first-order chi connectivity index (χ1) is 12.0. The van der Waals surface area contributed by atoms with Gasteiger partial charge in [0.05, 0.1) is 18.1 Å². The quantitative estimate of drug-likeness (QED) is 0.907. The van der Waals surface area contributed by atoms with Gasteiger partial charge in [-0.15, -0.1) is 0 Å². The average Bonchev–Trinajstić information content (AvgIpc) is 2.62. The fraction of sp³-hybridized carbons (Fsp3) is 0.278. The van der Waals surface area contributed by atoms with E-state index in [-0.39, 0.29) is 10.8 Å². The van der Waals surface area contributed by atoms with Crippen LogP contribution in [0.2, 0.25) is 0 Å². The Morgan fingerprint density at radius 1 is 1.08 bits per heavy atom. The molecule has 0 aliphatic carbocycles. The average molecular weight is 360 g/mol. The van der Waals surface area contributed by atoms with Crippen molar-refractivity contribution in [2.45, 2.75) is 11.8 Å². The molecule has 6 nitrogen and oxygen atoms in total. The highest BCUT2D eigenvalue weighted by molar-refractivity contribution is 7.89. The molecule has 0 bridgehead atoms. The number of nitrogens with one attached hydrogen (secondary N) is 1. The Labute approximate surface area is 147 Å². The maximum Gasteiger partial charge on any atom is 0.255 e. The monoisotopic (exact) mass is 360 g/mol. The summed E-state index contributed by atoms with van der Waals surface area (Å²) in [6, 6.07) is 13.5. The zero-order chi connectivity index (χ0) is 17.9. The molecule has 1 saturated heterocycles. The molecule has 2 aromatic carbocycles. The summed E-state index contributed by atoms with van der Waals surface area (Å²) >= 11 is 0. The van der Waals surface area contributed by atoms with Crippen molar-refractivity contribution in [3.05, 3.63) is 59.7 Å². The molecule has 25 heavy (non-hydrogen) atoms. The molecule has 0 saturated carbocycles.